The van der Waals surface area contributed by atoms with Crippen LogP contribution < -0.4 is 5.32 Å². The van der Waals surface area contributed by atoms with Gasteiger partial charge in [0.2, 0.25) is 5.91 Å². The summed E-state index contributed by atoms with van der Waals surface area (Å²) in [5.74, 6) is 0.387. The van der Waals surface area contributed by atoms with Gasteiger partial charge in [-0.3, -0.25) is 9.48 Å². The number of nitrogens with zero attached hydrogens (tertiary/aromatic N) is 2. The molecule has 5 nitrogen and oxygen atoms in total. The highest BCUT2D eigenvalue weighted by molar-refractivity contribution is 5.80. The third kappa shape index (κ3) is 3.29. The minimum atomic E-state index is -0.126. The SMILES string of the molecule is O=C(NC[C@H]1OCCc2cn(Cc3ccccc3)nc21)C1CC1. The smallest absolute Gasteiger partial charge is 0.223 e. The van der Waals surface area contributed by atoms with E-state index in [9.17, 15) is 4.79 Å². The number of nitrogens with one attached hydrogen (secondary N) is 1. The van der Waals surface area contributed by atoms with Gasteiger partial charge in [0.1, 0.15) is 6.10 Å². The summed E-state index contributed by atoms with van der Waals surface area (Å²) in [6.45, 7) is 1.97. The maximum Gasteiger partial charge on any atom is 0.223 e. The second-order valence-electron chi connectivity index (χ2n) is 6.35. The molecule has 2 aromatic rings. The van der Waals surface area contributed by atoms with E-state index < -0.39 is 0 Å². The Morgan fingerprint density at radius 3 is 2.91 bits per heavy atom. The number of amides is 1. The molecule has 0 unspecified atom stereocenters. The topological polar surface area (TPSA) is 56.1 Å². The Labute approximate surface area is 135 Å². The number of carbonyl (C=O) groups excluding carboxylic acids is 1. The van der Waals surface area contributed by atoms with Crippen LogP contribution >= 0.6 is 0 Å². The Kier molecular flexibility index (Phi) is 3.87. The molecule has 2 aliphatic rings. The van der Waals surface area contributed by atoms with Crippen LogP contribution in [-0.4, -0.2) is 28.8 Å². The average molecular weight is 311 g/mol. The first-order chi connectivity index (χ1) is 11.3. The second kappa shape index (κ2) is 6.16. The van der Waals surface area contributed by atoms with Crippen molar-refractivity contribution >= 4 is 5.91 Å². The number of carbonyl (C=O) groups is 1. The highest BCUT2D eigenvalue weighted by atomic mass is 16.5. The molecule has 0 radical (unpaired) electrons. The molecule has 1 atom stereocenters. The van der Waals surface area contributed by atoms with Gasteiger partial charge in [0, 0.05) is 18.7 Å². The largest absolute Gasteiger partial charge is 0.370 e. The number of hydrogen-bond acceptors (Lipinski definition) is 3. The molecule has 0 spiro atoms. The van der Waals surface area contributed by atoms with E-state index in [1.165, 1.54) is 11.1 Å². The first kappa shape index (κ1) is 14.5. The van der Waals surface area contributed by atoms with Crippen molar-refractivity contribution in [3.8, 4) is 0 Å². The van der Waals surface area contributed by atoms with Crippen molar-refractivity contribution < 1.29 is 9.53 Å². The van der Waals surface area contributed by atoms with E-state index in [4.69, 9.17) is 9.84 Å². The molecule has 120 valence electrons. The van der Waals surface area contributed by atoms with Crippen LogP contribution in [0, 0.1) is 5.92 Å². The Hall–Kier alpha value is -2.14. The summed E-state index contributed by atoms with van der Waals surface area (Å²) in [5, 5.41) is 7.71. The van der Waals surface area contributed by atoms with Crippen LogP contribution in [0.15, 0.2) is 36.5 Å². The molecule has 1 aromatic carbocycles. The molecule has 0 bridgehead atoms. The molecular weight excluding hydrogens is 290 g/mol. The summed E-state index contributed by atoms with van der Waals surface area (Å²) in [7, 11) is 0. The molecule has 1 fully saturated rings. The predicted molar refractivity (Wildman–Crippen MR) is 85.9 cm³/mol. The van der Waals surface area contributed by atoms with Gasteiger partial charge in [-0.2, -0.15) is 5.10 Å². The normalized spacial score (nSPS) is 20.1. The molecule has 1 amide bonds. The van der Waals surface area contributed by atoms with Crippen LogP contribution in [-0.2, 0) is 22.5 Å². The molecule has 2 heterocycles. The average Bonchev–Trinajstić information content (AvgIpc) is 3.34. The lowest BCUT2D eigenvalue weighted by atomic mass is 10.1. The van der Waals surface area contributed by atoms with Crippen molar-refractivity contribution in [2.24, 2.45) is 5.92 Å². The van der Waals surface area contributed by atoms with Gasteiger partial charge in [-0.1, -0.05) is 30.3 Å². The number of benzene rings is 1. The van der Waals surface area contributed by atoms with Crippen molar-refractivity contribution in [2.45, 2.75) is 31.9 Å². The zero-order valence-electron chi connectivity index (χ0n) is 13.1. The molecule has 4 rings (SSSR count). The third-order valence-electron chi connectivity index (χ3n) is 4.46. The minimum absolute atomic E-state index is 0.126. The van der Waals surface area contributed by atoms with E-state index in [0.717, 1.165) is 31.5 Å². The molecule has 23 heavy (non-hydrogen) atoms. The Bertz CT molecular complexity index is 692. The summed E-state index contributed by atoms with van der Waals surface area (Å²) >= 11 is 0. The summed E-state index contributed by atoms with van der Waals surface area (Å²) in [4.78, 5) is 11.8. The fraction of sp³-hybridized carbons (Fsp3) is 0.444. The van der Waals surface area contributed by atoms with Gasteiger partial charge in [0.15, 0.2) is 0 Å². The van der Waals surface area contributed by atoms with Gasteiger partial charge >= 0.3 is 0 Å². The fourth-order valence-electron chi connectivity index (χ4n) is 3.02. The van der Waals surface area contributed by atoms with Crippen molar-refractivity contribution in [2.75, 3.05) is 13.2 Å². The van der Waals surface area contributed by atoms with E-state index >= 15 is 0 Å². The van der Waals surface area contributed by atoms with Crippen LogP contribution in [0.25, 0.3) is 0 Å². The van der Waals surface area contributed by atoms with Gasteiger partial charge < -0.3 is 10.1 Å². The van der Waals surface area contributed by atoms with E-state index in [0.29, 0.717) is 13.2 Å². The second-order valence-corrected chi connectivity index (χ2v) is 6.35. The molecule has 0 saturated heterocycles. The zero-order valence-corrected chi connectivity index (χ0v) is 13.1. The Morgan fingerprint density at radius 1 is 1.30 bits per heavy atom. The van der Waals surface area contributed by atoms with Crippen molar-refractivity contribution in [3.63, 3.8) is 0 Å². The fourth-order valence-corrected chi connectivity index (χ4v) is 3.02. The Morgan fingerprint density at radius 2 is 2.13 bits per heavy atom. The van der Waals surface area contributed by atoms with Crippen LogP contribution in [0.5, 0.6) is 0 Å². The van der Waals surface area contributed by atoms with E-state index in [2.05, 4.69) is 23.6 Å². The van der Waals surface area contributed by atoms with Crippen LogP contribution in [0.1, 0.15) is 35.8 Å². The molecule has 1 saturated carbocycles. The number of hydrogen-bond donors (Lipinski definition) is 1. The summed E-state index contributed by atoms with van der Waals surface area (Å²) < 4.78 is 7.80. The van der Waals surface area contributed by atoms with Gasteiger partial charge in [0.05, 0.1) is 18.8 Å². The molecule has 1 N–H and O–H groups in total. The summed E-state index contributed by atoms with van der Waals surface area (Å²) in [6.07, 6.45) is 4.92. The maximum absolute atomic E-state index is 11.8. The molecular formula is C18H21N3O2. The molecule has 1 aliphatic carbocycles. The Balaban J connectivity index is 1.45. The van der Waals surface area contributed by atoms with E-state index in [-0.39, 0.29) is 17.9 Å². The summed E-state index contributed by atoms with van der Waals surface area (Å²) in [6, 6.07) is 10.3. The standard InChI is InChI=1S/C18H21N3O2/c22-18(14-6-7-14)19-10-16-17-15(8-9-23-16)12-21(20-17)11-13-4-2-1-3-5-13/h1-5,12,14,16H,6-11H2,(H,19,22)/t16-/m1/s1. The first-order valence-electron chi connectivity index (χ1n) is 8.29. The van der Waals surface area contributed by atoms with Gasteiger partial charge in [-0.25, -0.2) is 0 Å². The summed E-state index contributed by atoms with van der Waals surface area (Å²) in [5.41, 5.74) is 3.44. The van der Waals surface area contributed by atoms with Gasteiger partial charge in [0.25, 0.3) is 0 Å². The van der Waals surface area contributed by atoms with Crippen LogP contribution in [0.3, 0.4) is 0 Å². The van der Waals surface area contributed by atoms with Crippen LogP contribution in [0.4, 0.5) is 0 Å². The highest BCUT2D eigenvalue weighted by Gasteiger charge is 2.31. The number of ether oxygens (including phenoxy) is 1. The quantitative estimate of drug-likeness (QED) is 0.920. The van der Waals surface area contributed by atoms with Crippen molar-refractivity contribution in [3.05, 3.63) is 53.3 Å². The van der Waals surface area contributed by atoms with Gasteiger partial charge in [-0.05, 0) is 30.4 Å². The first-order valence-corrected chi connectivity index (χ1v) is 8.29. The number of aromatic nitrogens is 2. The highest BCUT2D eigenvalue weighted by Crippen LogP contribution is 2.30. The molecule has 5 heteroatoms. The zero-order chi connectivity index (χ0) is 15.6. The van der Waals surface area contributed by atoms with E-state index in [1.54, 1.807) is 0 Å². The van der Waals surface area contributed by atoms with Crippen LogP contribution in [0.2, 0.25) is 0 Å². The lowest BCUT2D eigenvalue weighted by molar-refractivity contribution is -0.123. The number of rotatable bonds is 5. The maximum atomic E-state index is 11.8. The van der Waals surface area contributed by atoms with Gasteiger partial charge in [-0.15, -0.1) is 0 Å². The molecule has 1 aromatic heterocycles. The third-order valence-corrected chi connectivity index (χ3v) is 4.46. The lowest BCUT2D eigenvalue weighted by Gasteiger charge is -2.22. The van der Waals surface area contributed by atoms with Crippen molar-refractivity contribution in [1.82, 2.24) is 15.1 Å². The molecule has 1 aliphatic heterocycles. The lowest BCUT2D eigenvalue weighted by Crippen LogP contribution is -2.32. The minimum Gasteiger partial charge on any atom is -0.370 e. The van der Waals surface area contributed by atoms with E-state index in [1.807, 2.05) is 22.9 Å². The predicted octanol–water partition coefficient (Wildman–Crippen LogP) is 2.07. The number of fused-ring (bicyclic) bond motifs is 1. The van der Waals surface area contributed by atoms with Crippen molar-refractivity contribution in [1.29, 1.82) is 0 Å². The monoisotopic (exact) mass is 311 g/mol.